The molecule has 0 aliphatic heterocycles. The number of hydrogen-bond acceptors (Lipinski definition) is 1. The van der Waals surface area contributed by atoms with E-state index in [1.54, 1.807) is 0 Å². The van der Waals surface area contributed by atoms with Crippen molar-refractivity contribution in [3.05, 3.63) is 0 Å². The van der Waals surface area contributed by atoms with Crippen molar-refractivity contribution in [2.75, 3.05) is 11.5 Å². The molecule has 2 heteroatoms. The van der Waals surface area contributed by atoms with Crippen LogP contribution >= 0.6 is 0 Å². The van der Waals surface area contributed by atoms with E-state index in [0.29, 0.717) is 21.2 Å². The second-order valence-electron chi connectivity index (χ2n) is 2.45. The number of rotatable bonds is 4. The van der Waals surface area contributed by atoms with Gasteiger partial charge in [0, 0.05) is 0 Å². The monoisotopic (exact) mass is 242 g/mol. The number of hydrogen-bond donors (Lipinski definition) is 1. The molecule has 0 aliphatic rings. The molecule has 0 spiro atoms. The van der Waals surface area contributed by atoms with E-state index in [1.807, 2.05) is 0 Å². The predicted octanol–water partition coefficient (Wildman–Crippen LogP) is -1.92. The van der Waals surface area contributed by atoms with E-state index in [0.717, 1.165) is 16.4 Å². The summed E-state index contributed by atoms with van der Waals surface area (Å²) in [6.45, 7) is 5.50. The maximum atomic E-state index is 5.43. The molecule has 0 aromatic rings. The predicted molar refractivity (Wildman–Crippen MR) is 38.2 cm³/mol. The fourth-order valence-corrected chi connectivity index (χ4v) is 2.29. The molecule has 0 aromatic heterocycles. The van der Waals surface area contributed by atoms with Crippen molar-refractivity contribution in [2.45, 2.75) is 24.2 Å². The molecular weight excluding hydrogens is 225 g/mol. The van der Waals surface area contributed by atoms with E-state index in [1.165, 1.54) is 6.42 Å². The third kappa shape index (κ3) is 4.14. The Balaban J connectivity index is 3.32. The van der Waals surface area contributed by atoms with Crippen molar-refractivity contribution in [3.8, 4) is 0 Å². The molecule has 0 aliphatic carbocycles. The molecule has 9 heavy (non-hydrogen) atoms. The van der Waals surface area contributed by atoms with Gasteiger partial charge in [0.2, 0.25) is 0 Å². The molecule has 0 aromatic carbocycles. The van der Waals surface area contributed by atoms with Gasteiger partial charge in [-0.1, -0.05) is 0 Å². The molecule has 0 heterocycles. The topological polar surface area (TPSA) is 26.0 Å². The third-order valence-electron chi connectivity index (χ3n) is 1.75. The van der Waals surface area contributed by atoms with Crippen LogP contribution in [0, 0.1) is 5.92 Å². The summed E-state index contributed by atoms with van der Waals surface area (Å²) in [5, 5.41) is 0. The Kier molecular flexibility index (Phi) is 5.89. The van der Waals surface area contributed by atoms with E-state index < -0.39 is 0 Å². The van der Waals surface area contributed by atoms with Gasteiger partial charge < -0.3 is 0 Å². The van der Waals surface area contributed by atoms with Crippen molar-refractivity contribution in [1.82, 2.24) is 0 Å². The van der Waals surface area contributed by atoms with Crippen molar-refractivity contribution in [1.29, 1.82) is 0 Å². The van der Waals surface area contributed by atoms with Crippen molar-refractivity contribution in [2.24, 2.45) is 11.7 Å². The van der Waals surface area contributed by atoms with E-state index in [-0.39, 0.29) is 0 Å². The average Bonchev–Trinajstić information content (AvgIpc) is 1.87. The number of halogens is 1. The summed E-state index contributed by atoms with van der Waals surface area (Å²) in [5.74, 6) is 0.854. The van der Waals surface area contributed by atoms with E-state index >= 15 is 0 Å². The number of alkyl halides is 2. The van der Waals surface area contributed by atoms with Crippen molar-refractivity contribution in [3.63, 3.8) is 0 Å². The van der Waals surface area contributed by atoms with Crippen LogP contribution in [0.15, 0.2) is 0 Å². The summed E-state index contributed by atoms with van der Waals surface area (Å²) < 4.78 is 0.951. The van der Waals surface area contributed by atoms with Gasteiger partial charge in [-0.15, -0.1) is 0 Å². The molecular formula is C7H17IN-. The van der Waals surface area contributed by atoms with Crippen molar-refractivity contribution < 1.29 is 21.2 Å². The minimum absolute atomic E-state index is 0.436. The van der Waals surface area contributed by atoms with E-state index in [2.05, 4.69) is 18.8 Å². The van der Waals surface area contributed by atoms with Crippen LogP contribution in [0.5, 0.6) is 0 Å². The molecule has 0 bridgehead atoms. The fraction of sp³-hybridized carbons (Fsp3) is 1.00. The Hall–Kier alpha value is 0.690. The van der Waals surface area contributed by atoms with Gasteiger partial charge in [-0.3, -0.25) is 0 Å². The second-order valence-corrected chi connectivity index (χ2v) is 5.66. The summed E-state index contributed by atoms with van der Waals surface area (Å²) >= 11 is 0.436. The third-order valence-corrected chi connectivity index (χ3v) is 4.94. The van der Waals surface area contributed by atoms with Gasteiger partial charge in [0.25, 0.3) is 0 Å². The summed E-state index contributed by atoms with van der Waals surface area (Å²) in [4.78, 5) is 2.34. The van der Waals surface area contributed by atoms with Gasteiger partial charge in [0.05, 0.1) is 0 Å². The number of nitrogens with two attached hydrogens (primary N) is 1. The quantitative estimate of drug-likeness (QED) is 0.451. The molecule has 1 nitrogen and oxygen atoms in total. The van der Waals surface area contributed by atoms with Crippen LogP contribution in [0.3, 0.4) is 0 Å². The van der Waals surface area contributed by atoms with Gasteiger partial charge in [0.15, 0.2) is 0 Å². The summed E-state index contributed by atoms with van der Waals surface area (Å²) in [7, 11) is 0. The van der Waals surface area contributed by atoms with Crippen LogP contribution in [-0.2, 0) is 0 Å². The Labute approximate surface area is 68.7 Å². The first-order chi connectivity index (χ1) is 4.22. The SMILES string of the molecule is C[I-]C(C)C(C)CCN. The molecule has 2 N–H and O–H groups in total. The van der Waals surface area contributed by atoms with Gasteiger partial charge in [-0.05, 0) is 0 Å². The Morgan fingerprint density at radius 3 is 2.33 bits per heavy atom. The van der Waals surface area contributed by atoms with E-state index in [9.17, 15) is 0 Å². The Morgan fingerprint density at radius 2 is 2.00 bits per heavy atom. The summed E-state index contributed by atoms with van der Waals surface area (Å²) in [5.41, 5.74) is 5.43. The molecule has 58 valence electrons. The second kappa shape index (κ2) is 5.47. The molecule has 0 saturated carbocycles. The molecule has 0 rings (SSSR count). The maximum absolute atomic E-state index is 5.43. The molecule has 0 radical (unpaired) electrons. The van der Waals surface area contributed by atoms with Crippen LogP contribution in [0.1, 0.15) is 20.3 Å². The van der Waals surface area contributed by atoms with Crippen LogP contribution in [0.25, 0.3) is 0 Å². The van der Waals surface area contributed by atoms with Crippen LogP contribution in [0.4, 0.5) is 0 Å². The summed E-state index contributed by atoms with van der Waals surface area (Å²) in [6, 6.07) is 0. The van der Waals surface area contributed by atoms with E-state index in [4.69, 9.17) is 5.73 Å². The zero-order chi connectivity index (χ0) is 7.28. The van der Waals surface area contributed by atoms with Gasteiger partial charge in [-0.2, -0.15) is 0 Å². The van der Waals surface area contributed by atoms with Gasteiger partial charge >= 0.3 is 68.5 Å². The zero-order valence-corrected chi connectivity index (χ0v) is 8.68. The normalized spacial score (nSPS) is 17.8. The van der Waals surface area contributed by atoms with Crippen LogP contribution in [0.2, 0.25) is 0 Å². The Bertz CT molecular complexity index is 65.9. The fourth-order valence-electron chi connectivity index (χ4n) is 0.708. The van der Waals surface area contributed by atoms with Crippen LogP contribution in [-0.4, -0.2) is 15.4 Å². The van der Waals surface area contributed by atoms with Gasteiger partial charge in [0.1, 0.15) is 0 Å². The molecule has 0 amide bonds. The van der Waals surface area contributed by atoms with Crippen molar-refractivity contribution >= 4 is 0 Å². The molecule has 0 saturated heterocycles. The molecule has 0 fully saturated rings. The summed E-state index contributed by atoms with van der Waals surface area (Å²) in [6.07, 6.45) is 1.20. The Morgan fingerprint density at radius 1 is 1.44 bits per heavy atom. The first-order valence-corrected chi connectivity index (χ1v) is 6.80. The first kappa shape index (κ1) is 9.69. The molecule has 2 unspecified atom stereocenters. The minimum atomic E-state index is 0.436. The zero-order valence-electron chi connectivity index (χ0n) is 6.52. The first-order valence-electron chi connectivity index (χ1n) is 3.40. The van der Waals surface area contributed by atoms with Crippen LogP contribution < -0.4 is 26.9 Å². The van der Waals surface area contributed by atoms with Gasteiger partial charge in [-0.25, -0.2) is 0 Å². The molecule has 2 atom stereocenters. The standard InChI is InChI=1S/C7H17IN/c1-6(4-5-9)7(2)8-3/h6-7H,4-5,9H2,1-3H3/q-1. The average molecular weight is 242 g/mol.